The lowest BCUT2D eigenvalue weighted by atomic mass is 9.82. The van der Waals surface area contributed by atoms with Gasteiger partial charge in [0, 0.05) is 53.4 Å². The van der Waals surface area contributed by atoms with Gasteiger partial charge in [-0.15, -0.1) is 0 Å². The molecular weight excluding hydrogens is 711 g/mol. The number of anilines is 6. The van der Waals surface area contributed by atoms with E-state index in [0.717, 1.165) is 56.1 Å². The van der Waals surface area contributed by atoms with E-state index in [4.69, 9.17) is 0 Å². The molecule has 0 atom stereocenters. The number of hydrogen-bond donors (Lipinski definition) is 0. The summed E-state index contributed by atoms with van der Waals surface area (Å²) >= 11 is 0. The highest BCUT2D eigenvalue weighted by Gasteiger charge is 2.37. The Hall–Kier alpha value is -5.64. The number of hydrogen-bond acceptors (Lipinski definition) is 4. The third-order valence-electron chi connectivity index (χ3n) is 10.1. The molecule has 1 aliphatic carbocycles. The van der Waals surface area contributed by atoms with Crippen molar-refractivity contribution in [3.05, 3.63) is 156 Å². The molecule has 10 heteroatoms. The normalized spacial score (nSPS) is 13.3. The van der Waals surface area contributed by atoms with Gasteiger partial charge in [0.05, 0.1) is 0 Å². The third-order valence-corrected chi connectivity index (χ3v) is 10.1. The number of alkyl halides is 6. The van der Waals surface area contributed by atoms with E-state index in [2.05, 4.69) is 48.1 Å². The zero-order valence-electron chi connectivity index (χ0n) is 30.5. The molecule has 2 aromatic heterocycles. The smallest absolute Gasteiger partial charge is 0.295 e. The molecular formula is C45H40F6N4. The minimum absolute atomic E-state index is 0.00324. The van der Waals surface area contributed by atoms with Crippen molar-refractivity contribution in [3.63, 3.8) is 0 Å². The zero-order valence-corrected chi connectivity index (χ0v) is 30.5. The van der Waals surface area contributed by atoms with E-state index in [-0.39, 0.29) is 25.7 Å². The van der Waals surface area contributed by atoms with E-state index >= 15 is 0 Å². The van der Waals surface area contributed by atoms with Crippen LogP contribution in [0.1, 0.15) is 61.8 Å². The Morgan fingerprint density at radius 1 is 0.491 bits per heavy atom. The van der Waals surface area contributed by atoms with Crippen molar-refractivity contribution < 1.29 is 26.3 Å². The molecule has 0 saturated heterocycles. The summed E-state index contributed by atoms with van der Waals surface area (Å²) in [5, 5.41) is 0. The van der Waals surface area contributed by atoms with Crippen LogP contribution in [0.5, 0.6) is 0 Å². The van der Waals surface area contributed by atoms with Crippen LogP contribution in [0, 0.1) is 0 Å². The Kier molecular flexibility index (Phi) is 10.4. The molecule has 282 valence electrons. The number of benzene rings is 4. The SMILES string of the molecule is CC1(C)c2cc(N(c3ccccc3)c3cc(CCCC(F)(F)F)ccn3)ccc2-c2ccc(N(c3ccccc3)c3cc(CCCC(F)(F)F)ccn3)cc21. The van der Waals surface area contributed by atoms with E-state index in [0.29, 0.717) is 11.6 Å². The van der Waals surface area contributed by atoms with Gasteiger partial charge in [-0.2, -0.15) is 26.3 Å². The van der Waals surface area contributed by atoms with Gasteiger partial charge in [0.2, 0.25) is 0 Å². The monoisotopic (exact) mass is 750 g/mol. The standard InChI is InChI=1S/C45H40F6N4/c1-43(2)39-29-35(54(33-13-5-3-6-14-33)41-27-31(21-25-52-41)11-9-23-44(46,47)48)17-19-37(39)38-20-18-36(30-40(38)43)55(34-15-7-4-8-16-34)42-28-32(22-26-53-42)12-10-24-45(49,50)51/h3-8,13-22,25-30H,9-12,23-24H2,1-2H3. The quantitative estimate of drug-likeness (QED) is 0.117. The van der Waals surface area contributed by atoms with Crippen molar-refractivity contribution in [2.75, 3.05) is 9.80 Å². The van der Waals surface area contributed by atoms with E-state index in [9.17, 15) is 26.3 Å². The van der Waals surface area contributed by atoms with Gasteiger partial charge in [0.1, 0.15) is 11.6 Å². The maximum absolute atomic E-state index is 12.9. The van der Waals surface area contributed by atoms with Crippen LogP contribution in [0.15, 0.2) is 134 Å². The first-order valence-electron chi connectivity index (χ1n) is 18.3. The van der Waals surface area contributed by atoms with E-state index < -0.39 is 30.6 Å². The number of para-hydroxylation sites is 2. The van der Waals surface area contributed by atoms with Crippen LogP contribution in [-0.4, -0.2) is 22.3 Å². The van der Waals surface area contributed by atoms with Crippen molar-refractivity contribution >= 4 is 34.4 Å². The van der Waals surface area contributed by atoms with Gasteiger partial charge in [-0.25, -0.2) is 9.97 Å². The number of aryl methyl sites for hydroxylation is 2. The molecule has 4 nitrogen and oxygen atoms in total. The van der Waals surface area contributed by atoms with Crippen LogP contribution < -0.4 is 9.80 Å². The molecule has 0 spiro atoms. The summed E-state index contributed by atoms with van der Waals surface area (Å²) in [6, 6.07) is 39.5. The number of nitrogens with zero attached hydrogens (tertiary/aromatic N) is 4. The Balaban J connectivity index is 1.24. The molecule has 1 aliphatic rings. The first kappa shape index (κ1) is 37.7. The lowest BCUT2D eigenvalue weighted by Gasteiger charge is -2.28. The van der Waals surface area contributed by atoms with E-state index in [1.165, 1.54) is 0 Å². The van der Waals surface area contributed by atoms with Crippen LogP contribution in [0.2, 0.25) is 0 Å². The lowest BCUT2D eigenvalue weighted by molar-refractivity contribution is -0.136. The second-order valence-electron chi connectivity index (χ2n) is 14.4. The molecule has 4 aromatic carbocycles. The molecule has 6 aromatic rings. The van der Waals surface area contributed by atoms with Crippen LogP contribution in [-0.2, 0) is 18.3 Å². The van der Waals surface area contributed by atoms with Crippen molar-refractivity contribution in [1.82, 2.24) is 9.97 Å². The molecule has 0 saturated carbocycles. The number of fused-ring (bicyclic) bond motifs is 3. The second kappa shape index (κ2) is 15.2. The summed E-state index contributed by atoms with van der Waals surface area (Å²) < 4.78 is 77.5. The maximum Gasteiger partial charge on any atom is 0.389 e. The minimum Gasteiger partial charge on any atom is -0.295 e. The fraction of sp³-hybridized carbons (Fsp3) is 0.244. The zero-order chi connectivity index (χ0) is 38.8. The molecule has 0 aliphatic heterocycles. The summed E-state index contributed by atoms with van der Waals surface area (Å²) in [7, 11) is 0. The van der Waals surface area contributed by atoms with Crippen LogP contribution in [0.3, 0.4) is 0 Å². The molecule has 55 heavy (non-hydrogen) atoms. The lowest BCUT2D eigenvalue weighted by Crippen LogP contribution is -2.18. The Morgan fingerprint density at radius 3 is 1.27 bits per heavy atom. The Labute approximate surface area is 317 Å². The molecule has 0 fully saturated rings. The third kappa shape index (κ3) is 8.53. The van der Waals surface area contributed by atoms with Crippen molar-refractivity contribution in [1.29, 1.82) is 0 Å². The molecule has 2 heterocycles. The fourth-order valence-corrected chi connectivity index (χ4v) is 7.44. The molecule has 0 N–H and O–H groups in total. The molecule has 0 radical (unpaired) electrons. The van der Waals surface area contributed by atoms with Crippen LogP contribution in [0.4, 0.5) is 60.7 Å². The number of rotatable bonds is 12. The van der Waals surface area contributed by atoms with Crippen molar-refractivity contribution in [3.8, 4) is 11.1 Å². The van der Waals surface area contributed by atoms with E-state index in [1.807, 2.05) is 94.7 Å². The van der Waals surface area contributed by atoms with Crippen molar-refractivity contribution in [2.45, 2.75) is 70.1 Å². The number of pyridine rings is 2. The van der Waals surface area contributed by atoms with Crippen LogP contribution >= 0.6 is 0 Å². The van der Waals surface area contributed by atoms with E-state index in [1.54, 1.807) is 24.5 Å². The second-order valence-corrected chi connectivity index (χ2v) is 14.4. The summed E-state index contributed by atoms with van der Waals surface area (Å²) in [6.07, 6.45) is -6.23. The summed E-state index contributed by atoms with van der Waals surface area (Å²) in [5.41, 5.74) is 8.97. The Morgan fingerprint density at radius 2 is 0.891 bits per heavy atom. The number of halogens is 6. The van der Waals surface area contributed by atoms with Gasteiger partial charge < -0.3 is 0 Å². The highest BCUT2D eigenvalue weighted by Crippen LogP contribution is 2.52. The highest BCUT2D eigenvalue weighted by atomic mass is 19.4. The summed E-state index contributed by atoms with van der Waals surface area (Å²) in [5.74, 6) is 1.22. The van der Waals surface area contributed by atoms with Gasteiger partial charge in [-0.05, 0) is 132 Å². The topological polar surface area (TPSA) is 32.3 Å². The molecule has 7 rings (SSSR count). The molecule has 0 bridgehead atoms. The van der Waals surface area contributed by atoms with Gasteiger partial charge in [-0.3, -0.25) is 9.80 Å². The highest BCUT2D eigenvalue weighted by molar-refractivity contribution is 5.87. The predicted molar refractivity (Wildman–Crippen MR) is 207 cm³/mol. The maximum atomic E-state index is 12.9. The minimum atomic E-state index is -4.20. The molecule has 0 amide bonds. The first-order chi connectivity index (χ1) is 26.3. The van der Waals surface area contributed by atoms with Gasteiger partial charge in [0.25, 0.3) is 0 Å². The fourth-order valence-electron chi connectivity index (χ4n) is 7.44. The number of aromatic nitrogens is 2. The first-order valence-corrected chi connectivity index (χ1v) is 18.3. The average Bonchev–Trinajstić information content (AvgIpc) is 3.37. The summed E-state index contributed by atoms with van der Waals surface area (Å²) in [4.78, 5) is 13.4. The average molecular weight is 751 g/mol. The van der Waals surface area contributed by atoms with Crippen molar-refractivity contribution in [2.24, 2.45) is 0 Å². The van der Waals surface area contributed by atoms with Gasteiger partial charge in [0.15, 0.2) is 0 Å². The van der Waals surface area contributed by atoms with Gasteiger partial charge >= 0.3 is 12.4 Å². The molecule has 0 unspecified atom stereocenters. The Bertz CT molecular complexity index is 2090. The summed E-state index contributed by atoms with van der Waals surface area (Å²) in [6.45, 7) is 4.37. The van der Waals surface area contributed by atoms with Crippen LogP contribution in [0.25, 0.3) is 11.1 Å². The largest absolute Gasteiger partial charge is 0.389 e. The predicted octanol–water partition coefficient (Wildman–Crippen LogP) is 13.5. The van der Waals surface area contributed by atoms with Gasteiger partial charge in [-0.1, -0.05) is 62.4 Å².